The van der Waals surface area contributed by atoms with E-state index in [0.717, 1.165) is 12.8 Å². The zero-order chi connectivity index (χ0) is 15.7. The summed E-state index contributed by atoms with van der Waals surface area (Å²) in [5.41, 5.74) is 0.387. The largest absolute Gasteiger partial charge is 0.494 e. The fourth-order valence-corrected chi connectivity index (χ4v) is 1.73. The number of aliphatic carboxylic acids is 1. The number of hydrogen-bond donors (Lipinski definition) is 1. The fraction of sp³-hybridized carbons (Fsp3) is 0.500. The molecule has 1 aromatic rings. The Morgan fingerprint density at radius 3 is 2.33 bits per heavy atom. The van der Waals surface area contributed by atoms with Crippen LogP contribution in [0.1, 0.15) is 49.9 Å². The second-order valence-electron chi connectivity index (χ2n) is 4.67. The molecule has 5 heteroatoms. The molecule has 0 aliphatic heterocycles. The molecule has 0 fully saturated rings. The van der Waals surface area contributed by atoms with Gasteiger partial charge in [0.25, 0.3) is 0 Å². The smallest absolute Gasteiger partial charge is 0.303 e. The van der Waals surface area contributed by atoms with E-state index >= 15 is 0 Å². The van der Waals surface area contributed by atoms with Gasteiger partial charge in [0, 0.05) is 6.42 Å². The second kappa shape index (κ2) is 9.00. The molecule has 0 bridgehead atoms. The highest BCUT2D eigenvalue weighted by molar-refractivity contribution is 6.00. The minimum absolute atomic E-state index is 0.0466. The Morgan fingerprint density at radius 2 is 1.71 bits per heavy atom. The van der Waals surface area contributed by atoms with Gasteiger partial charge in [-0.3, -0.25) is 9.59 Å². The Morgan fingerprint density at radius 1 is 1.05 bits per heavy atom. The van der Waals surface area contributed by atoms with Gasteiger partial charge in [-0.05, 0) is 31.0 Å². The molecule has 0 aromatic heterocycles. The van der Waals surface area contributed by atoms with Crippen LogP contribution in [0.4, 0.5) is 0 Å². The van der Waals surface area contributed by atoms with Gasteiger partial charge in [-0.25, -0.2) is 0 Å². The van der Waals surface area contributed by atoms with Crippen LogP contribution in [0.2, 0.25) is 0 Å². The Labute approximate surface area is 124 Å². The van der Waals surface area contributed by atoms with Crippen LogP contribution >= 0.6 is 0 Å². The fourth-order valence-electron chi connectivity index (χ4n) is 1.73. The van der Waals surface area contributed by atoms with Crippen molar-refractivity contribution in [2.24, 2.45) is 0 Å². The molecular weight excluding hydrogens is 272 g/mol. The topological polar surface area (TPSA) is 72.8 Å². The molecule has 0 saturated heterocycles. The first-order valence-electron chi connectivity index (χ1n) is 7.23. The molecule has 0 saturated carbocycles. The first-order chi connectivity index (χ1) is 10.1. The highest BCUT2D eigenvalue weighted by atomic mass is 16.5. The molecule has 0 aliphatic rings. The van der Waals surface area contributed by atoms with E-state index in [4.69, 9.17) is 14.6 Å². The number of benzene rings is 1. The summed E-state index contributed by atoms with van der Waals surface area (Å²) in [6.07, 6.45) is 1.47. The number of carboxylic acids is 1. The molecule has 0 aliphatic carbocycles. The quantitative estimate of drug-likeness (QED) is 0.670. The number of carboxylic acid groups (broad SMARTS) is 1. The van der Waals surface area contributed by atoms with Crippen molar-refractivity contribution < 1.29 is 24.2 Å². The summed E-state index contributed by atoms with van der Waals surface area (Å²) in [6.45, 7) is 5.05. The van der Waals surface area contributed by atoms with Gasteiger partial charge in [0.2, 0.25) is 0 Å². The van der Waals surface area contributed by atoms with Gasteiger partial charge in [-0.2, -0.15) is 0 Å². The Balaban J connectivity index is 2.91. The monoisotopic (exact) mass is 294 g/mol. The highest BCUT2D eigenvalue weighted by Gasteiger charge is 2.15. The molecule has 0 heterocycles. The van der Waals surface area contributed by atoms with E-state index in [-0.39, 0.29) is 18.6 Å². The van der Waals surface area contributed by atoms with Crippen LogP contribution in [0.5, 0.6) is 11.5 Å². The minimum atomic E-state index is -0.988. The maximum atomic E-state index is 12.2. The maximum absolute atomic E-state index is 12.2. The van der Waals surface area contributed by atoms with Gasteiger partial charge >= 0.3 is 5.97 Å². The van der Waals surface area contributed by atoms with Gasteiger partial charge < -0.3 is 14.6 Å². The van der Waals surface area contributed by atoms with E-state index in [2.05, 4.69) is 0 Å². The molecule has 116 valence electrons. The lowest BCUT2D eigenvalue weighted by Crippen LogP contribution is -2.08. The molecule has 1 rings (SSSR count). The third-order valence-electron chi connectivity index (χ3n) is 2.75. The number of carbonyl (C=O) groups is 2. The SMILES string of the molecule is CCCOc1ccc(OCCC)c(C(=O)CCC(=O)O)c1. The van der Waals surface area contributed by atoms with Crippen molar-refractivity contribution in [3.8, 4) is 11.5 Å². The van der Waals surface area contributed by atoms with Crippen molar-refractivity contribution in [1.82, 2.24) is 0 Å². The summed E-state index contributed by atoms with van der Waals surface area (Å²) in [4.78, 5) is 22.8. The minimum Gasteiger partial charge on any atom is -0.494 e. The summed E-state index contributed by atoms with van der Waals surface area (Å²) < 4.78 is 11.1. The third kappa shape index (κ3) is 5.85. The van der Waals surface area contributed by atoms with Gasteiger partial charge in [0.05, 0.1) is 25.2 Å². The maximum Gasteiger partial charge on any atom is 0.303 e. The molecule has 21 heavy (non-hydrogen) atoms. The average molecular weight is 294 g/mol. The van der Waals surface area contributed by atoms with Crippen LogP contribution in [0, 0.1) is 0 Å². The number of rotatable bonds is 10. The lowest BCUT2D eigenvalue weighted by Gasteiger charge is -2.12. The second-order valence-corrected chi connectivity index (χ2v) is 4.67. The van der Waals surface area contributed by atoms with Crippen LogP contribution in [-0.2, 0) is 4.79 Å². The number of Topliss-reactive ketones (excluding diaryl/α,β-unsaturated/α-hetero) is 1. The van der Waals surface area contributed by atoms with Crippen molar-refractivity contribution in [1.29, 1.82) is 0 Å². The van der Waals surface area contributed by atoms with E-state index in [1.807, 2.05) is 13.8 Å². The first-order valence-corrected chi connectivity index (χ1v) is 7.23. The number of ketones is 1. The van der Waals surface area contributed by atoms with Gasteiger partial charge in [-0.1, -0.05) is 13.8 Å². The summed E-state index contributed by atoms with van der Waals surface area (Å²) in [6, 6.07) is 5.09. The summed E-state index contributed by atoms with van der Waals surface area (Å²) in [5.74, 6) is -0.154. The lowest BCUT2D eigenvalue weighted by atomic mass is 10.0. The van der Waals surface area contributed by atoms with Crippen molar-refractivity contribution in [2.45, 2.75) is 39.5 Å². The Hall–Kier alpha value is -2.04. The van der Waals surface area contributed by atoms with Crippen LogP contribution in [-0.4, -0.2) is 30.1 Å². The lowest BCUT2D eigenvalue weighted by molar-refractivity contribution is -0.136. The van der Waals surface area contributed by atoms with Crippen LogP contribution in [0.25, 0.3) is 0 Å². The van der Waals surface area contributed by atoms with E-state index in [1.54, 1.807) is 18.2 Å². The van der Waals surface area contributed by atoms with E-state index in [0.29, 0.717) is 30.3 Å². The standard InChI is InChI=1S/C16H22O5/c1-3-9-20-12-5-7-15(21-10-4-2)13(11-12)14(17)6-8-16(18)19/h5,7,11H,3-4,6,8-10H2,1-2H3,(H,18,19). The van der Waals surface area contributed by atoms with Crippen LogP contribution in [0.3, 0.4) is 0 Å². The van der Waals surface area contributed by atoms with E-state index in [1.165, 1.54) is 0 Å². The van der Waals surface area contributed by atoms with E-state index < -0.39 is 5.97 Å². The van der Waals surface area contributed by atoms with Crippen molar-refractivity contribution >= 4 is 11.8 Å². The normalized spacial score (nSPS) is 10.2. The summed E-state index contributed by atoms with van der Waals surface area (Å²) >= 11 is 0. The predicted octanol–water partition coefficient (Wildman–Crippen LogP) is 3.31. The van der Waals surface area contributed by atoms with Crippen molar-refractivity contribution in [3.05, 3.63) is 23.8 Å². The molecule has 5 nitrogen and oxygen atoms in total. The molecule has 0 radical (unpaired) electrons. The van der Waals surface area contributed by atoms with Crippen molar-refractivity contribution in [2.75, 3.05) is 13.2 Å². The average Bonchev–Trinajstić information content (AvgIpc) is 2.48. The number of carbonyl (C=O) groups excluding carboxylic acids is 1. The Kier molecular flexibility index (Phi) is 7.29. The number of hydrogen-bond acceptors (Lipinski definition) is 4. The van der Waals surface area contributed by atoms with Gasteiger partial charge in [0.15, 0.2) is 5.78 Å². The predicted molar refractivity (Wildman–Crippen MR) is 79.2 cm³/mol. The highest BCUT2D eigenvalue weighted by Crippen LogP contribution is 2.26. The molecule has 0 amide bonds. The summed E-state index contributed by atoms with van der Waals surface area (Å²) in [7, 11) is 0. The van der Waals surface area contributed by atoms with Crippen LogP contribution < -0.4 is 9.47 Å². The van der Waals surface area contributed by atoms with Crippen LogP contribution in [0.15, 0.2) is 18.2 Å². The molecule has 1 aromatic carbocycles. The molecule has 0 atom stereocenters. The zero-order valence-corrected chi connectivity index (χ0v) is 12.6. The zero-order valence-electron chi connectivity index (χ0n) is 12.6. The van der Waals surface area contributed by atoms with E-state index in [9.17, 15) is 9.59 Å². The van der Waals surface area contributed by atoms with Crippen molar-refractivity contribution in [3.63, 3.8) is 0 Å². The van der Waals surface area contributed by atoms with Gasteiger partial charge in [0.1, 0.15) is 11.5 Å². The number of ether oxygens (including phenoxy) is 2. The molecule has 0 spiro atoms. The van der Waals surface area contributed by atoms with Gasteiger partial charge in [-0.15, -0.1) is 0 Å². The molecule has 0 unspecified atom stereocenters. The molecule has 1 N–H and O–H groups in total. The first kappa shape index (κ1) is 17.0. The summed E-state index contributed by atoms with van der Waals surface area (Å²) in [5, 5.41) is 8.68. The Bertz CT molecular complexity index is 482. The third-order valence-corrected chi connectivity index (χ3v) is 2.75. The molecular formula is C16H22O5.